The Balaban J connectivity index is 1.55. The molecule has 0 radical (unpaired) electrons. The molecule has 0 saturated carbocycles. The Labute approximate surface area is 147 Å². The van der Waals surface area contributed by atoms with Crippen LogP contribution in [0.1, 0.15) is 27.9 Å². The highest BCUT2D eigenvalue weighted by Gasteiger charge is 2.24. The first-order valence-corrected chi connectivity index (χ1v) is 8.75. The third kappa shape index (κ3) is 2.78. The molecule has 2 N–H and O–H groups in total. The first-order valence-electron chi connectivity index (χ1n) is 8.75. The summed E-state index contributed by atoms with van der Waals surface area (Å²) in [4.78, 5) is 18.1. The first-order chi connectivity index (χ1) is 12.0. The van der Waals surface area contributed by atoms with Crippen LogP contribution in [-0.2, 0) is 13.0 Å². The van der Waals surface area contributed by atoms with E-state index >= 15 is 0 Å². The minimum absolute atomic E-state index is 0.0318. The molecule has 4 nitrogen and oxygen atoms in total. The Bertz CT molecular complexity index is 971. The molecule has 4 heteroatoms. The molecule has 0 aliphatic carbocycles. The van der Waals surface area contributed by atoms with Crippen LogP contribution >= 0.6 is 0 Å². The van der Waals surface area contributed by atoms with E-state index in [0.29, 0.717) is 6.54 Å². The summed E-state index contributed by atoms with van der Waals surface area (Å²) in [7, 11) is 0. The minimum atomic E-state index is -0.0318. The number of carbonyl (C=O) groups is 1. The van der Waals surface area contributed by atoms with Gasteiger partial charge >= 0.3 is 6.03 Å². The van der Waals surface area contributed by atoms with Crippen molar-refractivity contribution in [1.82, 2.24) is 9.88 Å². The van der Waals surface area contributed by atoms with Crippen LogP contribution in [0.15, 0.2) is 36.4 Å². The summed E-state index contributed by atoms with van der Waals surface area (Å²) in [6, 6.07) is 12.5. The lowest BCUT2D eigenvalue weighted by Gasteiger charge is -2.27. The number of aryl methyl sites for hydroxylation is 3. The van der Waals surface area contributed by atoms with Gasteiger partial charge < -0.3 is 15.2 Å². The molecule has 0 unspecified atom stereocenters. The van der Waals surface area contributed by atoms with Gasteiger partial charge in [0.15, 0.2) is 0 Å². The molecule has 2 heterocycles. The SMILES string of the molecule is Cc1cc(C)c(NC(=O)N2CCc3c([nH]c4ccccc34)C2)cc1C. The largest absolute Gasteiger partial charge is 0.357 e. The van der Waals surface area contributed by atoms with Crippen molar-refractivity contribution < 1.29 is 4.79 Å². The molecule has 4 rings (SSSR count). The summed E-state index contributed by atoms with van der Waals surface area (Å²) in [5.74, 6) is 0. The summed E-state index contributed by atoms with van der Waals surface area (Å²) in [6.45, 7) is 7.57. The number of amides is 2. The van der Waals surface area contributed by atoms with Gasteiger partial charge in [-0.05, 0) is 61.6 Å². The lowest BCUT2D eigenvalue weighted by atomic mass is 10.0. The van der Waals surface area contributed by atoms with Crippen LogP contribution in [0.4, 0.5) is 10.5 Å². The highest BCUT2D eigenvalue weighted by atomic mass is 16.2. The van der Waals surface area contributed by atoms with E-state index in [9.17, 15) is 4.79 Å². The fraction of sp³-hybridized carbons (Fsp3) is 0.286. The molecular formula is C21H23N3O. The number of urea groups is 1. The number of para-hydroxylation sites is 1. The van der Waals surface area contributed by atoms with E-state index in [0.717, 1.165) is 35.4 Å². The quantitative estimate of drug-likeness (QED) is 0.667. The molecule has 0 bridgehead atoms. The van der Waals surface area contributed by atoms with Gasteiger partial charge in [-0.3, -0.25) is 0 Å². The number of nitrogens with zero attached hydrogens (tertiary/aromatic N) is 1. The number of hydrogen-bond donors (Lipinski definition) is 2. The fourth-order valence-electron chi connectivity index (χ4n) is 3.66. The maximum atomic E-state index is 12.7. The first kappa shape index (κ1) is 15.8. The second-order valence-corrected chi connectivity index (χ2v) is 6.98. The number of anilines is 1. The summed E-state index contributed by atoms with van der Waals surface area (Å²) >= 11 is 0. The third-order valence-electron chi connectivity index (χ3n) is 5.25. The van der Waals surface area contributed by atoms with Gasteiger partial charge in [0.2, 0.25) is 0 Å². The smallest absolute Gasteiger partial charge is 0.322 e. The van der Waals surface area contributed by atoms with Gasteiger partial charge in [-0.2, -0.15) is 0 Å². The van der Waals surface area contributed by atoms with Crippen molar-refractivity contribution in [3.8, 4) is 0 Å². The number of nitrogens with one attached hydrogen (secondary N) is 2. The molecule has 128 valence electrons. The summed E-state index contributed by atoms with van der Waals surface area (Å²) in [6.07, 6.45) is 0.888. The van der Waals surface area contributed by atoms with Gasteiger partial charge in [0, 0.05) is 28.8 Å². The second-order valence-electron chi connectivity index (χ2n) is 6.98. The molecule has 0 saturated heterocycles. The fourth-order valence-corrected chi connectivity index (χ4v) is 3.66. The Hall–Kier alpha value is -2.75. The highest BCUT2D eigenvalue weighted by Crippen LogP contribution is 2.28. The van der Waals surface area contributed by atoms with Crippen molar-refractivity contribution in [3.05, 3.63) is 64.3 Å². The van der Waals surface area contributed by atoms with Crippen molar-refractivity contribution in [1.29, 1.82) is 0 Å². The average molecular weight is 333 g/mol. The van der Waals surface area contributed by atoms with E-state index in [-0.39, 0.29) is 6.03 Å². The molecular weight excluding hydrogens is 310 g/mol. The number of fused-ring (bicyclic) bond motifs is 3. The number of benzene rings is 2. The molecule has 1 aliphatic heterocycles. The van der Waals surface area contributed by atoms with Gasteiger partial charge in [0.1, 0.15) is 0 Å². The minimum Gasteiger partial charge on any atom is -0.357 e. The number of hydrogen-bond acceptors (Lipinski definition) is 1. The van der Waals surface area contributed by atoms with Gasteiger partial charge in [-0.15, -0.1) is 0 Å². The van der Waals surface area contributed by atoms with Crippen LogP contribution in [0, 0.1) is 20.8 Å². The van der Waals surface area contributed by atoms with E-state index in [1.807, 2.05) is 17.9 Å². The molecule has 3 aromatic rings. The molecule has 1 aromatic heterocycles. The topological polar surface area (TPSA) is 48.1 Å². The second kappa shape index (κ2) is 5.96. The lowest BCUT2D eigenvalue weighted by Crippen LogP contribution is -2.39. The van der Waals surface area contributed by atoms with Gasteiger partial charge in [-0.25, -0.2) is 4.79 Å². The molecule has 0 atom stereocenters. The molecule has 1 aliphatic rings. The molecule has 0 spiro atoms. The van der Waals surface area contributed by atoms with E-state index in [2.05, 4.69) is 54.5 Å². The monoisotopic (exact) mass is 333 g/mol. The van der Waals surface area contributed by atoms with Crippen LogP contribution in [0.2, 0.25) is 0 Å². The van der Waals surface area contributed by atoms with E-state index in [1.165, 1.54) is 22.1 Å². The van der Waals surface area contributed by atoms with Crippen LogP contribution in [0.5, 0.6) is 0 Å². The average Bonchev–Trinajstić information content (AvgIpc) is 2.97. The Kier molecular flexibility index (Phi) is 3.75. The van der Waals surface area contributed by atoms with E-state index in [1.54, 1.807) is 0 Å². The maximum absolute atomic E-state index is 12.7. The Morgan fingerprint density at radius 2 is 1.84 bits per heavy atom. The number of rotatable bonds is 1. The summed E-state index contributed by atoms with van der Waals surface area (Å²) in [5.41, 5.74) is 8.09. The lowest BCUT2D eigenvalue weighted by molar-refractivity contribution is 0.206. The van der Waals surface area contributed by atoms with Crippen LogP contribution in [0.25, 0.3) is 10.9 Å². The Morgan fingerprint density at radius 3 is 2.68 bits per heavy atom. The van der Waals surface area contributed by atoms with Crippen molar-refractivity contribution in [2.75, 3.05) is 11.9 Å². The zero-order chi connectivity index (χ0) is 17.6. The third-order valence-corrected chi connectivity index (χ3v) is 5.25. The zero-order valence-corrected chi connectivity index (χ0v) is 14.9. The maximum Gasteiger partial charge on any atom is 0.322 e. The van der Waals surface area contributed by atoms with Crippen LogP contribution in [0.3, 0.4) is 0 Å². The van der Waals surface area contributed by atoms with Crippen molar-refractivity contribution in [3.63, 3.8) is 0 Å². The molecule has 2 aromatic carbocycles. The highest BCUT2D eigenvalue weighted by molar-refractivity contribution is 5.91. The number of aromatic amines is 1. The number of carbonyl (C=O) groups excluding carboxylic acids is 1. The van der Waals surface area contributed by atoms with Crippen molar-refractivity contribution in [2.45, 2.75) is 33.7 Å². The number of aromatic nitrogens is 1. The summed E-state index contributed by atoms with van der Waals surface area (Å²) in [5, 5.41) is 4.37. The van der Waals surface area contributed by atoms with Gasteiger partial charge in [0.05, 0.1) is 6.54 Å². The standard InChI is InChI=1S/C21H23N3O/c1-13-10-15(3)19(11-14(13)2)23-21(25)24-9-8-17-16-6-4-5-7-18(16)22-20(17)12-24/h4-7,10-11,22H,8-9,12H2,1-3H3,(H,23,25). The zero-order valence-electron chi connectivity index (χ0n) is 14.9. The van der Waals surface area contributed by atoms with Crippen molar-refractivity contribution >= 4 is 22.6 Å². The normalized spacial score (nSPS) is 13.8. The summed E-state index contributed by atoms with van der Waals surface area (Å²) < 4.78 is 0. The van der Waals surface area contributed by atoms with Crippen molar-refractivity contribution in [2.24, 2.45) is 0 Å². The Morgan fingerprint density at radius 1 is 1.08 bits per heavy atom. The molecule has 25 heavy (non-hydrogen) atoms. The van der Waals surface area contributed by atoms with E-state index in [4.69, 9.17) is 0 Å². The van der Waals surface area contributed by atoms with Crippen LogP contribution in [-0.4, -0.2) is 22.5 Å². The predicted molar refractivity (Wildman–Crippen MR) is 102 cm³/mol. The van der Waals surface area contributed by atoms with E-state index < -0.39 is 0 Å². The molecule has 2 amide bonds. The number of H-pyrrole nitrogens is 1. The van der Waals surface area contributed by atoms with Gasteiger partial charge in [0.25, 0.3) is 0 Å². The van der Waals surface area contributed by atoms with Crippen LogP contribution < -0.4 is 5.32 Å². The molecule has 0 fully saturated rings. The predicted octanol–water partition coefficient (Wildman–Crippen LogP) is 4.68. The van der Waals surface area contributed by atoms with Gasteiger partial charge in [-0.1, -0.05) is 24.3 Å².